The first-order chi connectivity index (χ1) is 17.2. The summed E-state index contributed by atoms with van der Waals surface area (Å²) in [6, 6.07) is 16.7. The topological polar surface area (TPSA) is 79.7 Å². The zero-order valence-corrected chi connectivity index (χ0v) is 22.4. The standard InChI is InChI=1S/C29H38N6O/c1-7-25(27-31-32-33-35(27)29(5,6)8-2)34(15-14-22-12-10-9-11-13-22)19-24-18-23-17-20(3)16-21(4)26(23)30-28(24)36/h9-13,16-18,25H,7-8,14-15,19H2,1-6H3,(H,30,36). The first-order valence-corrected chi connectivity index (χ1v) is 12.9. The average Bonchev–Trinajstić information content (AvgIpc) is 3.35. The molecule has 190 valence electrons. The number of nitrogens with one attached hydrogen (secondary N) is 1. The molecule has 4 aromatic rings. The van der Waals surface area contributed by atoms with Crippen LogP contribution in [0.25, 0.3) is 10.9 Å². The lowest BCUT2D eigenvalue weighted by Crippen LogP contribution is -2.37. The van der Waals surface area contributed by atoms with E-state index < -0.39 is 0 Å². The number of benzene rings is 2. The SMILES string of the molecule is CCC(c1nnnn1C(C)(C)CC)N(CCc1ccccc1)Cc1cc2cc(C)cc(C)c2[nH]c1=O. The molecular weight excluding hydrogens is 448 g/mol. The number of H-pyrrole nitrogens is 1. The van der Waals surface area contributed by atoms with Crippen LogP contribution >= 0.6 is 0 Å². The van der Waals surface area contributed by atoms with Gasteiger partial charge in [-0.2, -0.15) is 0 Å². The molecular formula is C29H38N6O. The molecule has 0 amide bonds. The lowest BCUT2D eigenvalue weighted by atomic mass is 10.0. The fourth-order valence-electron chi connectivity index (χ4n) is 4.92. The van der Waals surface area contributed by atoms with Gasteiger partial charge in [0.25, 0.3) is 5.56 Å². The zero-order valence-electron chi connectivity index (χ0n) is 22.4. The van der Waals surface area contributed by atoms with Gasteiger partial charge in [0.15, 0.2) is 5.82 Å². The van der Waals surface area contributed by atoms with Gasteiger partial charge in [-0.25, -0.2) is 4.68 Å². The van der Waals surface area contributed by atoms with E-state index >= 15 is 0 Å². The van der Waals surface area contributed by atoms with Crippen molar-refractivity contribution in [2.24, 2.45) is 0 Å². The molecule has 2 aromatic carbocycles. The maximum absolute atomic E-state index is 13.2. The highest BCUT2D eigenvalue weighted by Crippen LogP contribution is 2.29. The number of nitrogens with zero attached hydrogens (tertiary/aromatic N) is 5. The molecule has 0 aliphatic heterocycles. The summed E-state index contributed by atoms with van der Waals surface area (Å²) < 4.78 is 1.97. The summed E-state index contributed by atoms with van der Waals surface area (Å²) in [4.78, 5) is 18.7. The molecule has 2 aromatic heterocycles. The van der Waals surface area contributed by atoms with Gasteiger partial charge in [0, 0.05) is 18.7 Å². The number of aromatic amines is 1. The number of aryl methyl sites for hydroxylation is 2. The molecule has 7 heteroatoms. The first kappa shape index (κ1) is 25.8. The molecule has 2 heterocycles. The van der Waals surface area contributed by atoms with E-state index in [-0.39, 0.29) is 17.1 Å². The lowest BCUT2D eigenvalue weighted by Gasteiger charge is -2.33. The number of aromatic nitrogens is 5. The van der Waals surface area contributed by atoms with Gasteiger partial charge in [-0.1, -0.05) is 55.8 Å². The van der Waals surface area contributed by atoms with Crippen molar-refractivity contribution in [1.82, 2.24) is 30.1 Å². The van der Waals surface area contributed by atoms with E-state index in [1.165, 1.54) is 11.1 Å². The van der Waals surface area contributed by atoms with Gasteiger partial charge in [-0.05, 0) is 86.0 Å². The Bertz CT molecular complexity index is 1370. The third-order valence-electron chi connectivity index (χ3n) is 7.33. The molecule has 0 radical (unpaired) electrons. The second kappa shape index (κ2) is 10.7. The second-order valence-electron chi connectivity index (χ2n) is 10.4. The van der Waals surface area contributed by atoms with Crippen molar-refractivity contribution >= 4 is 10.9 Å². The van der Waals surface area contributed by atoms with Gasteiger partial charge < -0.3 is 4.98 Å². The minimum absolute atomic E-state index is 0.0242. The predicted molar refractivity (Wildman–Crippen MR) is 145 cm³/mol. The second-order valence-corrected chi connectivity index (χ2v) is 10.4. The molecule has 0 bridgehead atoms. The Balaban J connectivity index is 1.74. The Labute approximate surface area is 213 Å². The van der Waals surface area contributed by atoms with Crippen LogP contribution in [0.5, 0.6) is 0 Å². The van der Waals surface area contributed by atoms with E-state index in [2.05, 4.69) is 102 Å². The van der Waals surface area contributed by atoms with Crippen LogP contribution in [0, 0.1) is 13.8 Å². The normalized spacial score (nSPS) is 13.0. The van der Waals surface area contributed by atoms with Crippen LogP contribution in [-0.2, 0) is 18.5 Å². The Kier molecular flexibility index (Phi) is 7.69. The minimum Gasteiger partial charge on any atom is -0.321 e. The van der Waals surface area contributed by atoms with Crippen LogP contribution in [0.4, 0.5) is 0 Å². The molecule has 1 atom stereocenters. The molecule has 0 aliphatic rings. The maximum Gasteiger partial charge on any atom is 0.252 e. The van der Waals surface area contributed by atoms with Crippen molar-refractivity contribution < 1.29 is 0 Å². The average molecular weight is 487 g/mol. The Morgan fingerprint density at radius 3 is 2.53 bits per heavy atom. The number of rotatable bonds is 10. The van der Waals surface area contributed by atoms with Gasteiger partial charge in [0.05, 0.1) is 17.1 Å². The van der Waals surface area contributed by atoms with E-state index in [4.69, 9.17) is 0 Å². The summed E-state index contributed by atoms with van der Waals surface area (Å²) in [5, 5.41) is 14.0. The predicted octanol–water partition coefficient (Wildman–Crippen LogP) is 5.47. The quantitative estimate of drug-likeness (QED) is 0.321. The van der Waals surface area contributed by atoms with Crippen LogP contribution < -0.4 is 5.56 Å². The molecule has 0 saturated carbocycles. The molecule has 7 nitrogen and oxygen atoms in total. The monoisotopic (exact) mass is 486 g/mol. The fraction of sp³-hybridized carbons (Fsp3) is 0.448. The molecule has 0 saturated heterocycles. The molecule has 1 unspecified atom stereocenters. The van der Waals surface area contributed by atoms with Gasteiger partial charge >= 0.3 is 0 Å². The van der Waals surface area contributed by atoms with Crippen LogP contribution in [0.3, 0.4) is 0 Å². The molecule has 4 rings (SSSR count). The molecule has 36 heavy (non-hydrogen) atoms. The van der Waals surface area contributed by atoms with E-state index in [1.807, 2.05) is 17.7 Å². The summed E-state index contributed by atoms with van der Waals surface area (Å²) in [6.07, 6.45) is 2.62. The van der Waals surface area contributed by atoms with E-state index in [1.54, 1.807) is 0 Å². The zero-order chi connectivity index (χ0) is 25.9. The Hall–Kier alpha value is -3.32. The molecule has 0 aliphatic carbocycles. The summed E-state index contributed by atoms with van der Waals surface area (Å²) in [6.45, 7) is 14.1. The minimum atomic E-state index is -0.202. The van der Waals surface area contributed by atoms with Gasteiger partial charge in [-0.3, -0.25) is 9.69 Å². The van der Waals surface area contributed by atoms with Crippen molar-refractivity contribution in [2.45, 2.75) is 78.9 Å². The Morgan fingerprint density at radius 1 is 1.08 bits per heavy atom. The van der Waals surface area contributed by atoms with Gasteiger partial charge in [-0.15, -0.1) is 5.10 Å². The van der Waals surface area contributed by atoms with Crippen LogP contribution in [0.1, 0.15) is 74.7 Å². The third-order valence-corrected chi connectivity index (χ3v) is 7.33. The van der Waals surface area contributed by atoms with Crippen molar-refractivity contribution in [3.63, 3.8) is 0 Å². The summed E-state index contributed by atoms with van der Waals surface area (Å²) in [5.74, 6) is 0.848. The molecule has 1 N–H and O–H groups in total. The summed E-state index contributed by atoms with van der Waals surface area (Å²) in [7, 11) is 0. The van der Waals surface area contributed by atoms with Crippen LogP contribution in [0.15, 0.2) is 53.3 Å². The molecule has 0 spiro atoms. The number of fused-ring (bicyclic) bond motifs is 1. The summed E-state index contributed by atoms with van der Waals surface area (Å²) >= 11 is 0. The molecule has 0 fully saturated rings. The van der Waals surface area contributed by atoms with Crippen molar-refractivity contribution in [1.29, 1.82) is 0 Å². The highest BCUT2D eigenvalue weighted by molar-refractivity contribution is 5.82. The lowest BCUT2D eigenvalue weighted by molar-refractivity contribution is 0.160. The number of tetrazole rings is 1. The highest BCUT2D eigenvalue weighted by atomic mass is 16.1. The van der Waals surface area contributed by atoms with Gasteiger partial charge in [0.2, 0.25) is 0 Å². The van der Waals surface area contributed by atoms with E-state index in [9.17, 15) is 4.79 Å². The first-order valence-electron chi connectivity index (χ1n) is 12.9. The maximum atomic E-state index is 13.2. The van der Waals surface area contributed by atoms with Crippen molar-refractivity contribution in [3.05, 3.63) is 87.0 Å². The van der Waals surface area contributed by atoms with Crippen LogP contribution in [-0.4, -0.2) is 36.6 Å². The number of pyridine rings is 1. The Morgan fingerprint density at radius 2 is 1.83 bits per heavy atom. The fourth-order valence-corrected chi connectivity index (χ4v) is 4.92. The van der Waals surface area contributed by atoms with Crippen LogP contribution in [0.2, 0.25) is 0 Å². The summed E-state index contributed by atoms with van der Waals surface area (Å²) in [5.41, 5.74) is 4.96. The number of hydrogen-bond acceptors (Lipinski definition) is 5. The number of hydrogen-bond donors (Lipinski definition) is 1. The smallest absolute Gasteiger partial charge is 0.252 e. The van der Waals surface area contributed by atoms with Crippen molar-refractivity contribution in [2.75, 3.05) is 6.54 Å². The highest BCUT2D eigenvalue weighted by Gasteiger charge is 2.31. The van der Waals surface area contributed by atoms with Gasteiger partial charge in [0.1, 0.15) is 0 Å². The third kappa shape index (κ3) is 5.41. The van der Waals surface area contributed by atoms with E-state index in [0.717, 1.165) is 53.7 Å². The largest absolute Gasteiger partial charge is 0.321 e. The van der Waals surface area contributed by atoms with Crippen molar-refractivity contribution in [3.8, 4) is 0 Å². The van der Waals surface area contributed by atoms with E-state index in [0.29, 0.717) is 6.54 Å².